The summed E-state index contributed by atoms with van der Waals surface area (Å²) in [6, 6.07) is 10.0. The van der Waals surface area contributed by atoms with Crippen molar-refractivity contribution >= 4 is 23.6 Å². The zero-order valence-corrected chi connectivity index (χ0v) is 25.0. The Morgan fingerprint density at radius 3 is 2.09 bits per heavy atom. The minimum absolute atomic E-state index is 0.0567. The number of alkyl halides is 3. The van der Waals surface area contributed by atoms with Gasteiger partial charge in [-0.05, 0) is 49.4 Å². The number of rotatable bonds is 13. The Morgan fingerprint density at radius 1 is 0.909 bits per heavy atom. The Balaban J connectivity index is 1.65. The fourth-order valence-electron chi connectivity index (χ4n) is 4.94. The van der Waals surface area contributed by atoms with Crippen LogP contribution in [0.1, 0.15) is 49.8 Å². The van der Waals surface area contributed by atoms with E-state index in [1.165, 1.54) is 12.1 Å². The number of hydrogen-bond donors (Lipinski definition) is 5. The quantitative estimate of drug-likeness (QED) is 0.230. The Kier molecular flexibility index (Phi) is 11.9. The van der Waals surface area contributed by atoms with Crippen molar-refractivity contribution in [3.05, 3.63) is 71.3 Å². The first-order chi connectivity index (χ1) is 20.7. The lowest BCUT2D eigenvalue weighted by Crippen LogP contribution is -2.57. The van der Waals surface area contributed by atoms with Crippen molar-refractivity contribution in [3.63, 3.8) is 0 Å². The molecule has 2 aromatic rings. The van der Waals surface area contributed by atoms with Gasteiger partial charge in [0.15, 0.2) is 0 Å². The second-order valence-electron chi connectivity index (χ2n) is 11.5. The largest absolute Gasteiger partial charge is 0.416 e. The van der Waals surface area contributed by atoms with Crippen molar-refractivity contribution < 1.29 is 32.3 Å². The average molecular weight is 619 g/mol. The van der Waals surface area contributed by atoms with Gasteiger partial charge in [-0.1, -0.05) is 55.8 Å². The number of halogens is 3. The van der Waals surface area contributed by atoms with E-state index in [1.807, 2.05) is 13.8 Å². The highest BCUT2D eigenvalue weighted by Crippen LogP contribution is 2.29. The van der Waals surface area contributed by atoms with Crippen molar-refractivity contribution in [3.8, 4) is 0 Å². The second-order valence-corrected chi connectivity index (χ2v) is 11.5. The van der Waals surface area contributed by atoms with Crippen LogP contribution in [0.4, 0.5) is 13.2 Å². The summed E-state index contributed by atoms with van der Waals surface area (Å²) in [6.45, 7) is 4.34. The Labute approximate surface area is 255 Å². The van der Waals surface area contributed by atoms with Crippen molar-refractivity contribution in [2.75, 3.05) is 19.6 Å². The van der Waals surface area contributed by atoms with Crippen LogP contribution in [0.15, 0.2) is 54.6 Å². The van der Waals surface area contributed by atoms with E-state index in [4.69, 9.17) is 11.5 Å². The first-order valence-electron chi connectivity index (χ1n) is 14.6. The third-order valence-corrected chi connectivity index (χ3v) is 7.47. The van der Waals surface area contributed by atoms with Crippen molar-refractivity contribution in [1.29, 1.82) is 0 Å². The van der Waals surface area contributed by atoms with Gasteiger partial charge < -0.3 is 32.3 Å². The number of likely N-dealkylation sites (tertiary alicyclic amines) is 1. The van der Waals surface area contributed by atoms with Gasteiger partial charge in [0.25, 0.3) is 0 Å². The normalized spacial score (nSPS) is 18.7. The third kappa shape index (κ3) is 10.3. The van der Waals surface area contributed by atoms with E-state index in [2.05, 4.69) is 16.0 Å². The van der Waals surface area contributed by atoms with Crippen LogP contribution in [0.5, 0.6) is 0 Å². The highest BCUT2D eigenvalue weighted by molar-refractivity contribution is 5.94. The summed E-state index contributed by atoms with van der Waals surface area (Å²) < 4.78 is 38.7. The summed E-state index contributed by atoms with van der Waals surface area (Å²) in [5.74, 6) is -2.11. The lowest BCUT2D eigenvalue weighted by Gasteiger charge is -2.25. The molecular formula is C31H41F3N6O4. The molecule has 1 aliphatic rings. The summed E-state index contributed by atoms with van der Waals surface area (Å²) >= 11 is 0. The van der Waals surface area contributed by atoms with Gasteiger partial charge in [0, 0.05) is 25.0 Å². The molecule has 3 unspecified atom stereocenters. The smallest absolute Gasteiger partial charge is 0.345 e. The Morgan fingerprint density at radius 2 is 1.52 bits per heavy atom. The zero-order valence-electron chi connectivity index (χ0n) is 25.0. The van der Waals surface area contributed by atoms with E-state index in [-0.39, 0.29) is 31.7 Å². The van der Waals surface area contributed by atoms with Crippen LogP contribution < -0.4 is 27.4 Å². The number of amides is 4. The molecule has 44 heavy (non-hydrogen) atoms. The van der Waals surface area contributed by atoms with Crippen molar-refractivity contribution in [1.82, 2.24) is 20.9 Å². The fourth-order valence-corrected chi connectivity index (χ4v) is 4.94. The molecule has 13 heteroatoms. The van der Waals surface area contributed by atoms with E-state index in [0.717, 1.165) is 17.7 Å². The standard InChI is InChI=1S/C31H41F3N6O4/c1-3-7-24(28(43)37-18-26(41)40-15-14-30(2,36)19-40)38-29(44)25(17-20-8-5-4-6-9-20)39-27(42)23(35)16-21-10-12-22(13-11-21)31(32,33)34/h4-6,8-13,23-25H,3,7,14-19,35-36H2,1-2H3,(H,37,43)(H,38,44)(H,39,42)/t23?,24?,25-,30?/m1/s1. The fraction of sp³-hybridized carbons (Fsp3) is 0.484. The number of carbonyl (C=O) groups excluding carboxylic acids is 4. The Bertz CT molecular complexity index is 1290. The maximum atomic E-state index is 13.5. The van der Waals surface area contributed by atoms with E-state index < -0.39 is 53.1 Å². The summed E-state index contributed by atoms with van der Waals surface area (Å²) in [6.07, 6.45) is -2.95. The van der Waals surface area contributed by atoms with E-state index in [1.54, 1.807) is 35.2 Å². The van der Waals surface area contributed by atoms with Crippen molar-refractivity contribution in [2.45, 2.75) is 75.8 Å². The van der Waals surface area contributed by atoms with Gasteiger partial charge in [-0.25, -0.2) is 0 Å². The highest BCUT2D eigenvalue weighted by atomic mass is 19.4. The van der Waals surface area contributed by atoms with Gasteiger partial charge in [-0.2, -0.15) is 13.2 Å². The average Bonchev–Trinajstić information content (AvgIpc) is 3.34. The van der Waals surface area contributed by atoms with Gasteiger partial charge >= 0.3 is 6.18 Å². The van der Waals surface area contributed by atoms with Crippen LogP contribution in [0.3, 0.4) is 0 Å². The summed E-state index contributed by atoms with van der Waals surface area (Å²) in [5.41, 5.74) is 12.0. The number of nitrogens with two attached hydrogens (primary N) is 2. The summed E-state index contributed by atoms with van der Waals surface area (Å²) in [7, 11) is 0. The molecule has 1 heterocycles. The maximum Gasteiger partial charge on any atom is 0.416 e. The lowest BCUT2D eigenvalue weighted by molar-refractivity contribution is -0.137. The van der Waals surface area contributed by atoms with Crippen LogP contribution in [-0.2, 0) is 38.2 Å². The molecule has 1 aliphatic heterocycles. The van der Waals surface area contributed by atoms with Crippen LogP contribution >= 0.6 is 0 Å². The maximum absolute atomic E-state index is 13.5. The number of carbonyl (C=O) groups is 4. The van der Waals surface area contributed by atoms with Gasteiger partial charge in [-0.15, -0.1) is 0 Å². The van der Waals surface area contributed by atoms with Gasteiger partial charge in [-0.3, -0.25) is 19.2 Å². The molecule has 1 fully saturated rings. The van der Waals surface area contributed by atoms with Crippen LogP contribution in [0.25, 0.3) is 0 Å². The molecule has 0 radical (unpaired) electrons. The molecule has 3 rings (SSSR count). The van der Waals surface area contributed by atoms with Gasteiger partial charge in [0.05, 0.1) is 18.2 Å². The number of hydrogen-bond acceptors (Lipinski definition) is 6. The predicted molar refractivity (Wildman–Crippen MR) is 159 cm³/mol. The molecule has 0 spiro atoms. The number of nitrogens with one attached hydrogen (secondary N) is 3. The molecule has 2 aromatic carbocycles. The summed E-state index contributed by atoms with van der Waals surface area (Å²) in [5, 5.41) is 7.94. The monoisotopic (exact) mass is 618 g/mol. The lowest BCUT2D eigenvalue weighted by atomic mass is 10.0. The second kappa shape index (κ2) is 15.2. The van der Waals surface area contributed by atoms with Crippen LogP contribution in [0, 0.1) is 0 Å². The predicted octanol–water partition coefficient (Wildman–Crippen LogP) is 1.65. The third-order valence-electron chi connectivity index (χ3n) is 7.47. The van der Waals surface area contributed by atoms with Crippen molar-refractivity contribution in [2.24, 2.45) is 11.5 Å². The van der Waals surface area contributed by atoms with E-state index >= 15 is 0 Å². The molecule has 10 nitrogen and oxygen atoms in total. The molecule has 0 saturated carbocycles. The molecular weight excluding hydrogens is 577 g/mol. The van der Waals surface area contributed by atoms with Crippen LogP contribution in [0.2, 0.25) is 0 Å². The SMILES string of the molecule is CCCC(NC(=O)[C@@H](Cc1ccccc1)NC(=O)C(N)Cc1ccc(C(F)(F)F)cc1)C(=O)NCC(=O)N1CCC(C)(N)C1. The molecule has 0 bridgehead atoms. The first-order valence-corrected chi connectivity index (χ1v) is 14.6. The topological polar surface area (TPSA) is 160 Å². The molecule has 4 amide bonds. The molecule has 7 N–H and O–H groups in total. The zero-order chi connectivity index (χ0) is 32.5. The minimum atomic E-state index is -4.49. The molecule has 0 aliphatic carbocycles. The highest BCUT2D eigenvalue weighted by Gasteiger charge is 2.34. The van der Waals surface area contributed by atoms with E-state index in [9.17, 15) is 32.3 Å². The molecule has 4 atom stereocenters. The summed E-state index contributed by atoms with van der Waals surface area (Å²) in [4.78, 5) is 53.7. The number of nitrogens with zero attached hydrogens (tertiary/aromatic N) is 1. The molecule has 0 aromatic heterocycles. The van der Waals surface area contributed by atoms with Crippen LogP contribution in [-0.4, -0.2) is 71.8 Å². The first kappa shape index (κ1) is 34.5. The van der Waals surface area contributed by atoms with Gasteiger partial charge in [0.1, 0.15) is 12.1 Å². The minimum Gasteiger partial charge on any atom is -0.345 e. The van der Waals surface area contributed by atoms with E-state index in [0.29, 0.717) is 31.5 Å². The Hall–Kier alpha value is -3.97. The molecule has 1 saturated heterocycles. The molecule has 240 valence electrons. The number of benzene rings is 2. The van der Waals surface area contributed by atoms with Gasteiger partial charge in [0.2, 0.25) is 23.6 Å².